The Hall–Kier alpha value is -1.91. The zero-order valence-electron chi connectivity index (χ0n) is 14.8. The first-order valence-corrected chi connectivity index (χ1v) is 11.0. The quantitative estimate of drug-likeness (QED) is 0.764. The van der Waals surface area contributed by atoms with Gasteiger partial charge in [0.2, 0.25) is 5.91 Å². The molecule has 1 amide bonds. The van der Waals surface area contributed by atoms with Gasteiger partial charge >= 0.3 is 6.18 Å². The molecule has 1 N–H and O–H groups in total. The van der Waals surface area contributed by atoms with Gasteiger partial charge in [0, 0.05) is 19.0 Å². The van der Waals surface area contributed by atoms with Crippen LogP contribution in [0.25, 0.3) is 0 Å². The Morgan fingerprint density at radius 1 is 1.18 bits per heavy atom. The van der Waals surface area contributed by atoms with Crippen molar-refractivity contribution >= 4 is 33.0 Å². The molecule has 1 aliphatic rings. The first-order chi connectivity index (χ1) is 13.2. The molecule has 0 unspecified atom stereocenters. The Bertz CT molecular complexity index is 928. The van der Waals surface area contributed by atoms with E-state index >= 15 is 0 Å². The van der Waals surface area contributed by atoms with Crippen LogP contribution in [-0.2, 0) is 21.0 Å². The number of hydrogen-bond donors (Lipinski definition) is 1. The van der Waals surface area contributed by atoms with Crippen molar-refractivity contribution < 1.29 is 26.4 Å². The van der Waals surface area contributed by atoms with Gasteiger partial charge in [0.25, 0.3) is 10.0 Å². The highest BCUT2D eigenvalue weighted by Crippen LogP contribution is 2.35. The Morgan fingerprint density at radius 2 is 1.93 bits per heavy atom. The number of halogens is 3. The summed E-state index contributed by atoms with van der Waals surface area (Å²) in [6, 6.07) is 7.28. The molecule has 2 heterocycles. The van der Waals surface area contributed by atoms with Crippen molar-refractivity contribution in [2.75, 3.05) is 11.9 Å². The summed E-state index contributed by atoms with van der Waals surface area (Å²) in [7, 11) is -3.73. The van der Waals surface area contributed by atoms with Gasteiger partial charge < -0.3 is 5.32 Å². The first kappa shape index (κ1) is 20.8. The van der Waals surface area contributed by atoms with Crippen molar-refractivity contribution in [3.8, 4) is 0 Å². The van der Waals surface area contributed by atoms with E-state index in [2.05, 4.69) is 5.32 Å². The highest BCUT2D eigenvalue weighted by atomic mass is 32.2. The van der Waals surface area contributed by atoms with Crippen molar-refractivity contribution in [1.29, 1.82) is 0 Å². The normalized spacial score (nSPS) is 18.8. The first-order valence-electron chi connectivity index (χ1n) is 8.71. The number of anilines is 1. The van der Waals surface area contributed by atoms with Gasteiger partial charge in [0.15, 0.2) is 0 Å². The van der Waals surface area contributed by atoms with Crippen LogP contribution in [-0.4, -0.2) is 31.2 Å². The second-order valence-electron chi connectivity index (χ2n) is 6.49. The van der Waals surface area contributed by atoms with Gasteiger partial charge in [-0.3, -0.25) is 4.79 Å². The molecule has 2 aromatic rings. The fraction of sp³-hybridized carbons (Fsp3) is 0.389. The third-order valence-electron chi connectivity index (χ3n) is 4.56. The van der Waals surface area contributed by atoms with Crippen molar-refractivity contribution in [3.05, 3.63) is 47.3 Å². The Morgan fingerprint density at radius 3 is 2.61 bits per heavy atom. The number of benzene rings is 1. The number of alkyl halides is 3. The number of nitrogens with zero attached hydrogens (tertiary/aromatic N) is 1. The van der Waals surface area contributed by atoms with E-state index < -0.39 is 33.7 Å². The second-order valence-corrected chi connectivity index (χ2v) is 9.56. The van der Waals surface area contributed by atoms with Gasteiger partial charge in [-0.2, -0.15) is 17.5 Å². The lowest BCUT2D eigenvalue weighted by atomic mass is 10.0. The summed E-state index contributed by atoms with van der Waals surface area (Å²) < 4.78 is 66.5. The van der Waals surface area contributed by atoms with Gasteiger partial charge in [0.05, 0.1) is 11.3 Å². The van der Waals surface area contributed by atoms with E-state index in [-0.39, 0.29) is 22.9 Å². The van der Waals surface area contributed by atoms with Crippen molar-refractivity contribution in [2.45, 2.75) is 42.1 Å². The number of sulfonamides is 1. The maximum atomic E-state index is 13.1. The molecule has 1 aliphatic heterocycles. The number of carbonyl (C=O) groups is 1. The van der Waals surface area contributed by atoms with Crippen LogP contribution in [0.15, 0.2) is 46.0 Å². The number of piperidine rings is 1. The smallest absolute Gasteiger partial charge is 0.325 e. The maximum absolute atomic E-state index is 13.1. The molecule has 1 saturated heterocycles. The van der Waals surface area contributed by atoms with Crippen molar-refractivity contribution in [1.82, 2.24) is 4.31 Å². The number of thiophene rings is 1. The lowest BCUT2D eigenvalue weighted by Crippen LogP contribution is -2.45. The standard InChI is InChI=1S/C18H19F3N2O3S2/c19-18(20,21)14-7-1-2-8-15(14)22-16(24)12-13-6-3-4-10-23(13)28(25,26)17-9-5-11-27-17/h1-2,5,7-9,11,13H,3-4,6,10,12H2,(H,22,24)/t13-/m0/s1. The minimum Gasteiger partial charge on any atom is -0.325 e. The number of hydrogen-bond acceptors (Lipinski definition) is 4. The van der Waals surface area contributed by atoms with Gasteiger partial charge in [-0.15, -0.1) is 11.3 Å². The molecule has 0 aliphatic carbocycles. The maximum Gasteiger partial charge on any atom is 0.418 e. The molecule has 0 spiro atoms. The average molecular weight is 432 g/mol. The van der Waals surface area contributed by atoms with Crippen LogP contribution >= 0.6 is 11.3 Å². The van der Waals surface area contributed by atoms with Crippen molar-refractivity contribution in [2.24, 2.45) is 0 Å². The zero-order chi connectivity index (χ0) is 20.4. The van der Waals surface area contributed by atoms with Gasteiger partial charge in [0.1, 0.15) is 4.21 Å². The summed E-state index contributed by atoms with van der Waals surface area (Å²) in [4.78, 5) is 12.4. The van der Waals surface area contributed by atoms with Crippen LogP contribution in [0.5, 0.6) is 0 Å². The molecule has 10 heteroatoms. The zero-order valence-corrected chi connectivity index (χ0v) is 16.4. The van der Waals surface area contributed by atoms with E-state index in [0.717, 1.165) is 23.8 Å². The lowest BCUT2D eigenvalue weighted by Gasteiger charge is -2.34. The Kier molecular flexibility index (Phi) is 6.11. The van der Waals surface area contributed by atoms with E-state index in [1.165, 1.54) is 28.6 Å². The van der Waals surface area contributed by atoms with Crippen molar-refractivity contribution in [3.63, 3.8) is 0 Å². The molecule has 5 nitrogen and oxygen atoms in total. The molecule has 28 heavy (non-hydrogen) atoms. The van der Waals surface area contributed by atoms with Crippen LogP contribution in [0, 0.1) is 0 Å². The summed E-state index contributed by atoms with van der Waals surface area (Å²) in [5, 5.41) is 3.95. The number of rotatable bonds is 5. The topological polar surface area (TPSA) is 66.5 Å². The number of nitrogens with one attached hydrogen (secondary N) is 1. The summed E-state index contributed by atoms with van der Waals surface area (Å²) in [6.45, 7) is 0.289. The van der Waals surface area contributed by atoms with Crippen LogP contribution in [0.1, 0.15) is 31.2 Å². The van der Waals surface area contributed by atoms with E-state index in [4.69, 9.17) is 0 Å². The third-order valence-corrected chi connectivity index (χ3v) is 7.88. The van der Waals surface area contributed by atoms with Crippen LogP contribution in [0.2, 0.25) is 0 Å². The molecule has 1 fully saturated rings. The minimum absolute atomic E-state index is 0.197. The highest BCUT2D eigenvalue weighted by Gasteiger charge is 2.36. The van der Waals surface area contributed by atoms with Gasteiger partial charge in [-0.1, -0.05) is 24.6 Å². The molecule has 1 aromatic carbocycles. The molecule has 0 radical (unpaired) electrons. The van der Waals surface area contributed by atoms with E-state index in [0.29, 0.717) is 12.8 Å². The summed E-state index contributed by atoms with van der Waals surface area (Å²) in [5.74, 6) is -0.644. The minimum atomic E-state index is -4.59. The number of para-hydroxylation sites is 1. The van der Waals surface area contributed by atoms with Gasteiger partial charge in [-0.05, 0) is 36.4 Å². The van der Waals surface area contributed by atoms with E-state index in [9.17, 15) is 26.4 Å². The van der Waals surface area contributed by atoms with Crippen LogP contribution < -0.4 is 5.32 Å². The molecular formula is C18H19F3N2O3S2. The molecular weight excluding hydrogens is 413 g/mol. The fourth-order valence-electron chi connectivity index (χ4n) is 3.27. The van der Waals surface area contributed by atoms with E-state index in [1.54, 1.807) is 11.4 Å². The second kappa shape index (κ2) is 8.22. The molecule has 1 aromatic heterocycles. The molecule has 0 bridgehead atoms. The lowest BCUT2D eigenvalue weighted by molar-refractivity contribution is -0.137. The third kappa shape index (κ3) is 4.56. The predicted octanol–water partition coefficient (Wildman–Crippen LogP) is 4.34. The monoisotopic (exact) mass is 432 g/mol. The summed E-state index contributed by atoms with van der Waals surface area (Å²) in [6.07, 6.45) is -2.87. The molecule has 1 atom stereocenters. The molecule has 3 rings (SSSR count). The summed E-state index contributed by atoms with van der Waals surface area (Å²) in [5.41, 5.74) is -1.27. The van der Waals surface area contributed by atoms with Crippen LogP contribution in [0.3, 0.4) is 0 Å². The highest BCUT2D eigenvalue weighted by molar-refractivity contribution is 7.91. The molecule has 0 saturated carbocycles. The Balaban J connectivity index is 1.76. The number of amides is 1. The van der Waals surface area contributed by atoms with Crippen LogP contribution in [0.4, 0.5) is 18.9 Å². The largest absolute Gasteiger partial charge is 0.418 e. The fourth-order valence-corrected chi connectivity index (χ4v) is 6.09. The Labute approximate surface area is 165 Å². The number of carbonyl (C=O) groups excluding carboxylic acids is 1. The predicted molar refractivity (Wildman–Crippen MR) is 101 cm³/mol. The summed E-state index contributed by atoms with van der Waals surface area (Å²) >= 11 is 1.10. The van der Waals surface area contributed by atoms with Gasteiger partial charge in [-0.25, -0.2) is 8.42 Å². The van der Waals surface area contributed by atoms with E-state index in [1.807, 2.05) is 0 Å². The SMILES string of the molecule is O=C(C[C@@H]1CCCCN1S(=O)(=O)c1cccs1)Nc1ccccc1C(F)(F)F. The average Bonchev–Trinajstić information content (AvgIpc) is 3.17. The molecule has 152 valence electrons.